The number of methoxy groups -OCH3 is 1. The summed E-state index contributed by atoms with van der Waals surface area (Å²) in [4.78, 5) is 42.2. The van der Waals surface area contributed by atoms with Crippen molar-refractivity contribution < 1.29 is 19.1 Å². The first-order valence-electron chi connectivity index (χ1n) is 12.5. The number of benzene rings is 1. The van der Waals surface area contributed by atoms with Crippen LogP contribution in [0.3, 0.4) is 0 Å². The average molecular weight is 481 g/mol. The molecule has 0 unspecified atom stereocenters. The van der Waals surface area contributed by atoms with E-state index in [4.69, 9.17) is 4.74 Å². The Morgan fingerprint density at radius 1 is 0.971 bits per heavy atom. The van der Waals surface area contributed by atoms with Gasteiger partial charge in [-0.3, -0.25) is 4.79 Å². The Morgan fingerprint density at radius 3 is 2.23 bits per heavy atom. The van der Waals surface area contributed by atoms with Crippen LogP contribution in [0.5, 0.6) is 0 Å². The van der Waals surface area contributed by atoms with E-state index in [1.165, 1.54) is 7.11 Å². The molecule has 3 amide bonds. The van der Waals surface area contributed by atoms with Crippen LogP contribution in [0.2, 0.25) is 0 Å². The number of amides is 3. The van der Waals surface area contributed by atoms with Crippen molar-refractivity contribution in [3.8, 4) is 5.69 Å². The number of urea groups is 1. The van der Waals surface area contributed by atoms with E-state index in [0.717, 1.165) is 24.9 Å². The minimum atomic E-state index is -0.635. The van der Waals surface area contributed by atoms with Gasteiger partial charge >= 0.3 is 12.0 Å². The van der Waals surface area contributed by atoms with Crippen molar-refractivity contribution in [1.29, 1.82) is 0 Å². The minimum Gasteiger partial charge on any atom is -0.467 e. The van der Waals surface area contributed by atoms with Gasteiger partial charge in [-0.05, 0) is 61.3 Å². The highest BCUT2D eigenvalue weighted by molar-refractivity contribution is 5.98. The molecule has 2 saturated heterocycles. The summed E-state index contributed by atoms with van der Waals surface area (Å²) < 4.78 is 6.84. The first-order chi connectivity index (χ1) is 16.8. The molecule has 1 N–H and O–H groups in total. The van der Waals surface area contributed by atoms with Crippen LogP contribution in [0.4, 0.5) is 4.79 Å². The van der Waals surface area contributed by atoms with Crippen LogP contribution in [0.25, 0.3) is 5.69 Å². The summed E-state index contributed by atoms with van der Waals surface area (Å²) in [5.41, 5.74) is 1.60. The maximum atomic E-state index is 13.4. The molecule has 35 heavy (non-hydrogen) atoms. The monoisotopic (exact) mass is 480 g/mol. The number of hydrogen-bond donors (Lipinski definition) is 1. The summed E-state index contributed by atoms with van der Waals surface area (Å²) in [6.45, 7) is 6.68. The molecule has 1 atom stereocenters. The molecule has 4 rings (SSSR count). The van der Waals surface area contributed by atoms with E-state index in [-0.39, 0.29) is 23.3 Å². The van der Waals surface area contributed by atoms with Gasteiger partial charge in [-0.25, -0.2) is 9.59 Å². The van der Waals surface area contributed by atoms with E-state index in [9.17, 15) is 14.4 Å². The Bertz CT molecular complexity index is 1040. The number of ether oxygens (including phenoxy) is 1. The standard InChI is InChI=1S/C27H36N4O4/c1-20(2)18-22(25(33)35-3)28-26(34)31-17-12-27(19-31)10-15-30(16-11-27)24(32)21-8-4-5-9-23(21)29-13-6-7-14-29/h4-9,13-14,20,22H,10-12,15-19H2,1-3H3,(H,28,34)/t22-/m0/s1. The SMILES string of the molecule is COC(=O)[C@H](CC(C)C)NC(=O)N1CCC2(CCN(C(=O)c3ccccc3-n3cccc3)CC2)C1. The first-order valence-corrected chi connectivity index (χ1v) is 12.5. The number of hydrogen-bond acceptors (Lipinski definition) is 4. The summed E-state index contributed by atoms with van der Waals surface area (Å²) in [6.07, 6.45) is 7.07. The Balaban J connectivity index is 1.36. The van der Waals surface area contributed by atoms with Gasteiger partial charge in [0.25, 0.3) is 5.91 Å². The second-order valence-corrected chi connectivity index (χ2v) is 10.2. The molecular weight excluding hydrogens is 444 g/mol. The van der Waals surface area contributed by atoms with Crippen molar-refractivity contribution in [3.63, 3.8) is 0 Å². The van der Waals surface area contributed by atoms with Gasteiger partial charge in [0.15, 0.2) is 0 Å². The lowest BCUT2D eigenvalue weighted by Gasteiger charge is -2.39. The third-order valence-electron chi connectivity index (χ3n) is 7.34. The van der Waals surface area contributed by atoms with Crippen LogP contribution in [0.15, 0.2) is 48.8 Å². The summed E-state index contributed by atoms with van der Waals surface area (Å²) >= 11 is 0. The normalized spacial score (nSPS) is 18.1. The minimum absolute atomic E-state index is 0.0207. The molecule has 0 radical (unpaired) electrons. The van der Waals surface area contributed by atoms with Crippen LogP contribution in [-0.4, -0.2) is 71.6 Å². The highest BCUT2D eigenvalue weighted by atomic mass is 16.5. The van der Waals surface area contributed by atoms with Gasteiger partial charge < -0.3 is 24.4 Å². The molecule has 8 nitrogen and oxygen atoms in total. The van der Waals surface area contributed by atoms with Gasteiger partial charge in [0.05, 0.1) is 18.4 Å². The average Bonchev–Trinajstić information content (AvgIpc) is 3.54. The molecule has 0 saturated carbocycles. The number of esters is 1. The molecule has 2 fully saturated rings. The van der Waals surface area contributed by atoms with E-state index < -0.39 is 12.0 Å². The van der Waals surface area contributed by atoms with E-state index in [0.29, 0.717) is 38.2 Å². The summed E-state index contributed by atoms with van der Waals surface area (Å²) in [6, 6.07) is 10.8. The molecule has 188 valence electrons. The molecule has 0 bridgehead atoms. The number of aromatic nitrogens is 1. The van der Waals surface area contributed by atoms with Crippen molar-refractivity contribution in [2.45, 2.75) is 45.6 Å². The zero-order valence-corrected chi connectivity index (χ0v) is 20.9. The molecule has 1 spiro atoms. The van der Waals surface area contributed by atoms with E-state index in [1.807, 2.05) is 77.0 Å². The molecular formula is C27H36N4O4. The Labute approximate surface area is 207 Å². The number of carbonyl (C=O) groups is 3. The molecule has 3 heterocycles. The summed E-state index contributed by atoms with van der Waals surface area (Å²) in [5.74, 6) is -0.104. The smallest absolute Gasteiger partial charge is 0.328 e. The number of likely N-dealkylation sites (tertiary alicyclic amines) is 2. The predicted octanol–water partition coefficient (Wildman–Crippen LogP) is 3.70. The molecule has 1 aromatic carbocycles. The van der Waals surface area contributed by atoms with Crippen LogP contribution in [0.1, 0.15) is 49.9 Å². The lowest BCUT2D eigenvalue weighted by atomic mass is 9.77. The van der Waals surface area contributed by atoms with E-state index in [2.05, 4.69) is 5.32 Å². The fraction of sp³-hybridized carbons (Fsp3) is 0.519. The lowest BCUT2D eigenvalue weighted by Crippen LogP contribution is -2.49. The number of nitrogens with one attached hydrogen (secondary N) is 1. The molecule has 2 aromatic rings. The number of piperidine rings is 1. The summed E-state index contributed by atoms with van der Waals surface area (Å²) in [5, 5.41) is 2.88. The van der Waals surface area contributed by atoms with Crippen LogP contribution < -0.4 is 5.32 Å². The van der Waals surface area contributed by atoms with Gasteiger partial charge in [-0.15, -0.1) is 0 Å². The van der Waals surface area contributed by atoms with Crippen molar-refractivity contribution >= 4 is 17.9 Å². The molecule has 1 aromatic heterocycles. The van der Waals surface area contributed by atoms with Crippen molar-refractivity contribution in [2.75, 3.05) is 33.3 Å². The van der Waals surface area contributed by atoms with Gasteiger partial charge in [0.1, 0.15) is 6.04 Å². The number of nitrogens with zero attached hydrogens (tertiary/aromatic N) is 3. The molecule has 8 heteroatoms. The number of rotatable bonds is 6. The van der Waals surface area contributed by atoms with Gasteiger partial charge in [0.2, 0.25) is 0 Å². The van der Waals surface area contributed by atoms with Gasteiger partial charge in [-0.2, -0.15) is 0 Å². The Kier molecular flexibility index (Phi) is 7.48. The van der Waals surface area contributed by atoms with Gasteiger partial charge in [0, 0.05) is 38.6 Å². The molecule has 0 aliphatic carbocycles. The van der Waals surface area contributed by atoms with Crippen LogP contribution in [0, 0.1) is 11.3 Å². The van der Waals surface area contributed by atoms with Crippen molar-refractivity contribution in [3.05, 3.63) is 54.4 Å². The fourth-order valence-corrected chi connectivity index (χ4v) is 5.31. The zero-order chi connectivity index (χ0) is 25.0. The fourth-order valence-electron chi connectivity index (χ4n) is 5.31. The number of carbonyl (C=O) groups excluding carboxylic acids is 3. The maximum Gasteiger partial charge on any atom is 0.328 e. The largest absolute Gasteiger partial charge is 0.467 e. The van der Waals surface area contributed by atoms with E-state index >= 15 is 0 Å². The third-order valence-corrected chi connectivity index (χ3v) is 7.34. The van der Waals surface area contributed by atoms with E-state index in [1.54, 1.807) is 0 Å². The molecule has 2 aliphatic heterocycles. The predicted molar refractivity (Wildman–Crippen MR) is 133 cm³/mol. The zero-order valence-electron chi connectivity index (χ0n) is 20.9. The topological polar surface area (TPSA) is 83.9 Å². The second kappa shape index (κ2) is 10.5. The quantitative estimate of drug-likeness (QED) is 0.639. The first kappa shape index (κ1) is 24.8. The highest BCUT2D eigenvalue weighted by Crippen LogP contribution is 2.40. The second-order valence-electron chi connectivity index (χ2n) is 10.2. The maximum absolute atomic E-state index is 13.4. The van der Waals surface area contributed by atoms with Gasteiger partial charge in [-0.1, -0.05) is 26.0 Å². The van der Waals surface area contributed by atoms with Crippen LogP contribution in [-0.2, 0) is 9.53 Å². The highest BCUT2D eigenvalue weighted by Gasteiger charge is 2.43. The van der Waals surface area contributed by atoms with Crippen molar-refractivity contribution in [2.24, 2.45) is 11.3 Å². The lowest BCUT2D eigenvalue weighted by molar-refractivity contribution is -0.143. The number of para-hydroxylation sites is 1. The van der Waals surface area contributed by atoms with Crippen molar-refractivity contribution in [1.82, 2.24) is 19.7 Å². The molecule has 2 aliphatic rings. The summed E-state index contributed by atoms with van der Waals surface area (Å²) in [7, 11) is 1.35. The van der Waals surface area contributed by atoms with Crippen LogP contribution >= 0.6 is 0 Å². The Morgan fingerprint density at radius 2 is 1.60 bits per heavy atom. The third kappa shape index (κ3) is 5.52. The Hall–Kier alpha value is -3.29.